The van der Waals surface area contributed by atoms with Crippen LogP contribution in [0.1, 0.15) is 30.3 Å². The number of aromatic amines is 1. The maximum atomic E-state index is 6.02. The minimum absolute atomic E-state index is 0.0294. The molecule has 3 heterocycles. The Labute approximate surface area is 139 Å². The normalized spacial score (nSPS) is 20.5. The van der Waals surface area contributed by atoms with Crippen LogP contribution in [0, 0.1) is 0 Å². The highest BCUT2D eigenvalue weighted by Gasteiger charge is 2.28. The van der Waals surface area contributed by atoms with Crippen molar-refractivity contribution < 1.29 is 4.74 Å². The summed E-state index contributed by atoms with van der Waals surface area (Å²) < 4.78 is 7.80. The average Bonchev–Trinajstić information content (AvgIpc) is 3.37. The largest absolute Gasteiger partial charge is 0.366 e. The maximum Gasteiger partial charge on any atom is 0.153 e. The molecule has 1 aromatic carbocycles. The molecular weight excluding hydrogens is 306 g/mol. The fourth-order valence-electron chi connectivity index (χ4n) is 3.01. The second-order valence-electron chi connectivity index (χ2n) is 5.79. The molecule has 2 aromatic heterocycles. The Balaban J connectivity index is 1.32. The number of rotatable bonds is 6. The predicted molar refractivity (Wildman–Crippen MR) is 86.3 cm³/mol. The molecule has 1 fully saturated rings. The average molecular weight is 325 g/mol. The van der Waals surface area contributed by atoms with Crippen molar-refractivity contribution >= 4 is 0 Å². The van der Waals surface area contributed by atoms with E-state index in [9.17, 15) is 0 Å². The number of aromatic nitrogens is 6. The molecule has 0 aliphatic carbocycles. The van der Waals surface area contributed by atoms with Gasteiger partial charge in [0.1, 0.15) is 25.1 Å². The van der Waals surface area contributed by atoms with Gasteiger partial charge in [-0.2, -0.15) is 10.2 Å². The third-order valence-electron chi connectivity index (χ3n) is 4.19. The summed E-state index contributed by atoms with van der Waals surface area (Å²) in [5, 5.41) is 14.5. The minimum atomic E-state index is 0.0294. The second kappa shape index (κ2) is 6.90. The Morgan fingerprint density at radius 2 is 2.21 bits per heavy atom. The summed E-state index contributed by atoms with van der Waals surface area (Å²) in [6.45, 7) is 1.55. The summed E-state index contributed by atoms with van der Waals surface area (Å²) in [4.78, 5) is 8.19. The number of benzene rings is 1. The van der Waals surface area contributed by atoms with Crippen molar-refractivity contribution in [3.63, 3.8) is 0 Å². The zero-order valence-corrected chi connectivity index (χ0v) is 13.2. The predicted octanol–water partition coefficient (Wildman–Crippen LogP) is 1.40. The van der Waals surface area contributed by atoms with E-state index in [1.807, 2.05) is 18.2 Å². The van der Waals surface area contributed by atoms with Crippen molar-refractivity contribution in [3.05, 3.63) is 54.6 Å². The van der Waals surface area contributed by atoms with E-state index in [0.29, 0.717) is 0 Å². The number of para-hydroxylation sites is 1. The highest BCUT2D eigenvalue weighted by Crippen LogP contribution is 2.30. The van der Waals surface area contributed by atoms with Gasteiger partial charge in [-0.25, -0.2) is 14.6 Å². The van der Waals surface area contributed by atoms with Gasteiger partial charge in [0, 0.05) is 13.1 Å². The Morgan fingerprint density at radius 3 is 3.04 bits per heavy atom. The smallest absolute Gasteiger partial charge is 0.153 e. The molecule has 3 aromatic rings. The standard InChI is InChI=1S/C16H19N7O/c1-2-4-14(23-11-18-9-21-23)12(3-1)7-17-8-13-5-6-15(24-13)16-19-10-20-22-16/h1-4,9-11,13,15,17H,5-8H2,(H,19,20,22)/t13-,15+/m1/s1. The molecule has 124 valence electrons. The lowest BCUT2D eigenvalue weighted by Crippen LogP contribution is -2.26. The first kappa shape index (κ1) is 15.0. The highest BCUT2D eigenvalue weighted by molar-refractivity contribution is 5.39. The molecule has 1 aliphatic heterocycles. The van der Waals surface area contributed by atoms with Crippen molar-refractivity contribution in [3.8, 4) is 5.69 Å². The molecule has 2 N–H and O–H groups in total. The molecule has 0 spiro atoms. The van der Waals surface area contributed by atoms with Gasteiger partial charge in [0.25, 0.3) is 0 Å². The van der Waals surface area contributed by atoms with Crippen molar-refractivity contribution in [2.24, 2.45) is 0 Å². The second-order valence-corrected chi connectivity index (χ2v) is 5.79. The third kappa shape index (κ3) is 3.19. The van der Waals surface area contributed by atoms with E-state index in [4.69, 9.17) is 4.74 Å². The van der Waals surface area contributed by atoms with Crippen molar-refractivity contribution in [1.82, 2.24) is 35.3 Å². The van der Waals surface area contributed by atoms with Crippen LogP contribution in [0.5, 0.6) is 0 Å². The summed E-state index contributed by atoms with van der Waals surface area (Å²) in [6.07, 6.45) is 6.98. The van der Waals surface area contributed by atoms with Gasteiger partial charge in [-0.05, 0) is 24.5 Å². The van der Waals surface area contributed by atoms with Gasteiger partial charge >= 0.3 is 0 Å². The Bertz CT molecular complexity index is 757. The van der Waals surface area contributed by atoms with E-state index in [0.717, 1.165) is 37.4 Å². The lowest BCUT2D eigenvalue weighted by Gasteiger charge is -2.14. The van der Waals surface area contributed by atoms with E-state index >= 15 is 0 Å². The van der Waals surface area contributed by atoms with E-state index in [2.05, 4.69) is 36.6 Å². The molecule has 4 rings (SSSR count). The van der Waals surface area contributed by atoms with Crippen molar-refractivity contribution in [2.45, 2.75) is 31.6 Å². The molecule has 8 heteroatoms. The van der Waals surface area contributed by atoms with E-state index in [-0.39, 0.29) is 12.2 Å². The Hall–Kier alpha value is -2.58. The van der Waals surface area contributed by atoms with Gasteiger partial charge in [0.2, 0.25) is 0 Å². The topological polar surface area (TPSA) is 93.5 Å². The molecule has 0 unspecified atom stereocenters. The molecular formula is C16H19N7O. The van der Waals surface area contributed by atoms with E-state index in [1.54, 1.807) is 17.3 Å². The number of hydrogen-bond donors (Lipinski definition) is 2. The number of ether oxygens (including phenoxy) is 1. The molecule has 0 bridgehead atoms. The number of nitrogens with zero attached hydrogens (tertiary/aromatic N) is 5. The van der Waals surface area contributed by atoms with Crippen LogP contribution in [-0.2, 0) is 11.3 Å². The Kier molecular flexibility index (Phi) is 4.30. The fraction of sp³-hybridized carbons (Fsp3) is 0.375. The third-order valence-corrected chi connectivity index (χ3v) is 4.19. The number of nitrogens with one attached hydrogen (secondary N) is 2. The number of H-pyrrole nitrogens is 1. The van der Waals surface area contributed by atoms with Gasteiger partial charge in [-0.1, -0.05) is 18.2 Å². The molecule has 24 heavy (non-hydrogen) atoms. The molecule has 0 saturated carbocycles. The first-order valence-corrected chi connectivity index (χ1v) is 8.04. The van der Waals surface area contributed by atoms with Gasteiger partial charge in [0.05, 0.1) is 11.8 Å². The van der Waals surface area contributed by atoms with Crippen LogP contribution in [0.3, 0.4) is 0 Å². The van der Waals surface area contributed by atoms with Crippen LogP contribution < -0.4 is 5.32 Å². The van der Waals surface area contributed by atoms with E-state index < -0.39 is 0 Å². The zero-order chi connectivity index (χ0) is 16.2. The van der Waals surface area contributed by atoms with Gasteiger partial charge in [0.15, 0.2) is 5.82 Å². The van der Waals surface area contributed by atoms with Gasteiger partial charge in [-0.3, -0.25) is 5.10 Å². The quantitative estimate of drug-likeness (QED) is 0.711. The molecule has 0 amide bonds. The zero-order valence-electron chi connectivity index (χ0n) is 13.2. The van der Waals surface area contributed by atoms with Crippen LogP contribution in [0.4, 0.5) is 0 Å². The lowest BCUT2D eigenvalue weighted by atomic mass is 10.1. The van der Waals surface area contributed by atoms with Gasteiger partial charge < -0.3 is 10.1 Å². The van der Waals surface area contributed by atoms with Crippen molar-refractivity contribution in [1.29, 1.82) is 0 Å². The van der Waals surface area contributed by atoms with Gasteiger partial charge in [-0.15, -0.1) is 0 Å². The molecule has 1 saturated heterocycles. The Morgan fingerprint density at radius 1 is 1.25 bits per heavy atom. The molecule has 1 aliphatic rings. The fourth-order valence-corrected chi connectivity index (χ4v) is 3.01. The molecule has 2 atom stereocenters. The number of hydrogen-bond acceptors (Lipinski definition) is 6. The van der Waals surface area contributed by atoms with Crippen LogP contribution in [0.25, 0.3) is 5.69 Å². The summed E-state index contributed by atoms with van der Waals surface area (Å²) in [5.74, 6) is 0.814. The monoisotopic (exact) mass is 325 g/mol. The first-order chi connectivity index (χ1) is 11.9. The molecule has 0 radical (unpaired) electrons. The lowest BCUT2D eigenvalue weighted by molar-refractivity contribution is 0.0401. The molecule has 8 nitrogen and oxygen atoms in total. The summed E-state index contributed by atoms with van der Waals surface area (Å²) in [6, 6.07) is 8.17. The SMILES string of the molecule is c1ccc(-n2cncn2)c(CNC[C@H]2CC[C@@H](c3ncn[nH]3)O2)c1. The van der Waals surface area contributed by atoms with Crippen LogP contribution in [0.15, 0.2) is 43.2 Å². The minimum Gasteiger partial charge on any atom is -0.366 e. The highest BCUT2D eigenvalue weighted by atomic mass is 16.5. The summed E-state index contributed by atoms with van der Waals surface area (Å²) in [5.41, 5.74) is 2.21. The first-order valence-electron chi connectivity index (χ1n) is 8.04. The van der Waals surface area contributed by atoms with E-state index in [1.165, 1.54) is 11.9 Å². The van der Waals surface area contributed by atoms with Crippen LogP contribution in [0.2, 0.25) is 0 Å². The van der Waals surface area contributed by atoms with Crippen molar-refractivity contribution in [2.75, 3.05) is 6.54 Å². The summed E-state index contributed by atoms with van der Waals surface area (Å²) >= 11 is 0. The summed E-state index contributed by atoms with van der Waals surface area (Å²) in [7, 11) is 0. The van der Waals surface area contributed by atoms with Crippen LogP contribution >= 0.6 is 0 Å². The van der Waals surface area contributed by atoms with Crippen LogP contribution in [-0.4, -0.2) is 42.6 Å². The maximum absolute atomic E-state index is 6.02.